The molecule has 0 aliphatic rings. The third kappa shape index (κ3) is 3.58. The molecule has 0 fully saturated rings. The predicted octanol–water partition coefficient (Wildman–Crippen LogP) is 4.68. The number of nitrogens with one attached hydrogen (secondary N) is 2. The van der Waals surface area contributed by atoms with Crippen molar-refractivity contribution >= 4 is 22.2 Å². The van der Waals surface area contributed by atoms with Gasteiger partial charge in [0.05, 0.1) is 6.10 Å². The number of hydrogen-bond donors (Lipinski definition) is 3. The second kappa shape index (κ2) is 7.87. The lowest BCUT2D eigenvalue weighted by molar-refractivity contribution is 0.174. The van der Waals surface area contributed by atoms with Gasteiger partial charge in [-0.05, 0) is 28.6 Å². The summed E-state index contributed by atoms with van der Waals surface area (Å²) in [5, 5.41) is 17.2. The fourth-order valence-electron chi connectivity index (χ4n) is 3.39. The van der Waals surface area contributed by atoms with Gasteiger partial charge in [0.25, 0.3) is 0 Å². The molecular weight excluding hydrogens is 340 g/mol. The van der Waals surface area contributed by atoms with Gasteiger partial charge in [0.15, 0.2) is 0 Å². The smallest absolute Gasteiger partial charge is 0.0914 e. The Morgan fingerprint density at radius 3 is 2.54 bits per heavy atom. The molecule has 4 heteroatoms. The molecule has 2 aromatic heterocycles. The first-order chi connectivity index (χ1) is 12.8. The Kier molecular flexibility index (Phi) is 5.16. The maximum absolute atomic E-state index is 10.4. The normalized spacial score (nSPS) is 13.7. The number of thiophene rings is 1. The van der Waals surface area contributed by atoms with Crippen molar-refractivity contribution in [3.63, 3.8) is 0 Å². The highest BCUT2D eigenvalue weighted by atomic mass is 32.1. The molecule has 0 unspecified atom stereocenters. The minimum atomic E-state index is -0.497. The molecule has 2 heterocycles. The summed E-state index contributed by atoms with van der Waals surface area (Å²) in [5.41, 5.74) is 3.40. The fourth-order valence-corrected chi connectivity index (χ4v) is 4.24. The summed E-state index contributed by atoms with van der Waals surface area (Å²) in [7, 11) is 0. The summed E-state index contributed by atoms with van der Waals surface area (Å²) in [6.07, 6.45) is 1.62. The standard InChI is InChI=1S/C22H22N2OS/c25-21(16-7-2-1-3-8-16)15-23-13-19(22-11-6-12-26-22)18-14-24-20-10-5-4-9-17(18)20/h1-12,14,19,21,23-25H,13,15H2/t19-,21+/m0/s1. The molecule has 2 atom stereocenters. The lowest BCUT2D eigenvalue weighted by Crippen LogP contribution is -2.26. The number of aromatic amines is 1. The second-order valence-corrected chi connectivity index (χ2v) is 7.42. The zero-order chi connectivity index (χ0) is 17.8. The first-order valence-corrected chi connectivity index (χ1v) is 9.74. The van der Waals surface area contributed by atoms with Crippen molar-refractivity contribution in [3.05, 3.63) is 94.3 Å². The van der Waals surface area contributed by atoms with E-state index in [0.29, 0.717) is 6.54 Å². The molecular formula is C22H22N2OS. The van der Waals surface area contributed by atoms with E-state index < -0.39 is 6.10 Å². The van der Waals surface area contributed by atoms with E-state index in [-0.39, 0.29) is 5.92 Å². The molecule has 4 rings (SSSR count). The molecule has 0 aliphatic carbocycles. The van der Waals surface area contributed by atoms with Crippen LogP contribution in [0, 0.1) is 0 Å². The van der Waals surface area contributed by atoms with Crippen molar-refractivity contribution in [2.45, 2.75) is 12.0 Å². The van der Waals surface area contributed by atoms with E-state index in [1.165, 1.54) is 15.8 Å². The third-order valence-electron chi connectivity index (χ3n) is 4.75. The molecule has 0 spiro atoms. The van der Waals surface area contributed by atoms with Crippen LogP contribution in [0.4, 0.5) is 0 Å². The highest BCUT2D eigenvalue weighted by Crippen LogP contribution is 2.32. The van der Waals surface area contributed by atoms with Gasteiger partial charge in [-0.25, -0.2) is 0 Å². The van der Waals surface area contributed by atoms with E-state index in [0.717, 1.165) is 17.6 Å². The minimum Gasteiger partial charge on any atom is -0.387 e. The molecule has 3 nitrogen and oxygen atoms in total. The number of aliphatic hydroxyl groups excluding tert-OH is 1. The summed E-state index contributed by atoms with van der Waals surface area (Å²) >= 11 is 1.78. The molecule has 0 saturated heterocycles. The average molecular weight is 362 g/mol. The van der Waals surface area contributed by atoms with Crippen LogP contribution in [0.1, 0.15) is 28.0 Å². The quantitative estimate of drug-likeness (QED) is 0.447. The van der Waals surface area contributed by atoms with Crippen molar-refractivity contribution in [2.24, 2.45) is 0 Å². The van der Waals surface area contributed by atoms with Crippen molar-refractivity contribution in [1.82, 2.24) is 10.3 Å². The Labute approximate surface area is 157 Å². The second-order valence-electron chi connectivity index (χ2n) is 6.44. The summed E-state index contributed by atoms with van der Waals surface area (Å²) in [4.78, 5) is 4.71. The highest BCUT2D eigenvalue weighted by molar-refractivity contribution is 7.10. The van der Waals surface area contributed by atoms with E-state index in [1.54, 1.807) is 11.3 Å². The summed E-state index contributed by atoms with van der Waals surface area (Å²) in [5.74, 6) is 0.258. The van der Waals surface area contributed by atoms with Crippen molar-refractivity contribution in [1.29, 1.82) is 0 Å². The molecule has 132 valence electrons. The number of H-pyrrole nitrogens is 1. The molecule has 0 radical (unpaired) electrons. The van der Waals surface area contributed by atoms with Gasteiger partial charge in [-0.2, -0.15) is 0 Å². The third-order valence-corrected chi connectivity index (χ3v) is 5.74. The highest BCUT2D eigenvalue weighted by Gasteiger charge is 2.19. The topological polar surface area (TPSA) is 48.0 Å². The summed E-state index contributed by atoms with van der Waals surface area (Å²) in [6, 6.07) is 22.5. The molecule has 3 N–H and O–H groups in total. The molecule has 0 bridgehead atoms. The number of fused-ring (bicyclic) bond motifs is 1. The van der Waals surface area contributed by atoms with Crippen LogP contribution in [0.5, 0.6) is 0 Å². The monoisotopic (exact) mass is 362 g/mol. The molecule has 0 saturated carbocycles. The number of aromatic nitrogens is 1. The van der Waals surface area contributed by atoms with Crippen LogP contribution in [0.2, 0.25) is 0 Å². The van der Waals surface area contributed by atoms with Crippen LogP contribution in [0.15, 0.2) is 78.3 Å². The largest absolute Gasteiger partial charge is 0.387 e. The van der Waals surface area contributed by atoms with Crippen molar-refractivity contribution < 1.29 is 5.11 Å². The zero-order valence-corrected chi connectivity index (χ0v) is 15.2. The van der Waals surface area contributed by atoms with Gasteiger partial charge in [-0.1, -0.05) is 54.6 Å². The molecule has 0 aliphatic heterocycles. The van der Waals surface area contributed by atoms with Crippen LogP contribution >= 0.6 is 11.3 Å². The Bertz CT molecular complexity index is 947. The summed E-state index contributed by atoms with van der Waals surface area (Å²) < 4.78 is 0. The molecule has 4 aromatic rings. The van der Waals surface area contributed by atoms with E-state index in [9.17, 15) is 5.11 Å². The van der Waals surface area contributed by atoms with Gasteiger partial charge in [0.1, 0.15) is 0 Å². The van der Waals surface area contributed by atoms with Gasteiger partial charge in [0, 0.05) is 41.0 Å². The molecule has 26 heavy (non-hydrogen) atoms. The van der Waals surface area contributed by atoms with Crippen LogP contribution in [-0.4, -0.2) is 23.2 Å². The van der Waals surface area contributed by atoms with Gasteiger partial charge < -0.3 is 15.4 Å². The number of benzene rings is 2. The van der Waals surface area contributed by atoms with Gasteiger partial charge in [-0.15, -0.1) is 11.3 Å². The fraction of sp³-hybridized carbons (Fsp3) is 0.182. The van der Waals surface area contributed by atoms with Crippen LogP contribution in [-0.2, 0) is 0 Å². The van der Waals surface area contributed by atoms with E-state index in [1.807, 2.05) is 30.3 Å². The van der Waals surface area contributed by atoms with Crippen LogP contribution < -0.4 is 5.32 Å². The van der Waals surface area contributed by atoms with Gasteiger partial charge >= 0.3 is 0 Å². The van der Waals surface area contributed by atoms with E-state index in [4.69, 9.17) is 0 Å². The van der Waals surface area contributed by atoms with Crippen LogP contribution in [0.3, 0.4) is 0 Å². The Morgan fingerprint density at radius 2 is 1.73 bits per heavy atom. The summed E-state index contributed by atoms with van der Waals surface area (Å²) in [6.45, 7) is 1.32. The maximum Gasteiger partial charge on any atom is 0.0914 e. The van der Waals surface area contributed by atoms with Crippen molar-refractivity contribution in [3.8, 4) is 0 Å². The predicted molar refractivity (Wildman–Crippen MR) is 109 cm³/mol. The molecule has 0 amide bonds. The average Bonchev–Trinajstić information content (AvgIpc) is 3.36. The van der Waals surface area contributed by atoms with E-state index in [2.05, 4.69) is 58.3 Å². The van der Waals surface area contributed by atoms with Gasteiger partial charge in [-0.3, -0.25) is 0 Å². The van der Waals surface area contributed by atoms with Crippen molar-refractivity contribution in [2.75, 3.05) is 13.1 Å². The number of rotatable bonds is 7. The first kappa shape index (κ1) is 17.0. The lowest BCUT2D eigenvalue weighted by atomic mass is 9.96. The number of aliphatic hydroxyl groups is 1. The number of para-hydroxylation sites is 1. The number of hydrogen-bond acceptors (Lipinski definition) is 3. The first-order valence-electron chi connectivity index (χ1n) is 8.86. The Balaban J connectivity index is 1.52. The maximum atomic E-state index is 10.4. The zero-order valence-electron chi connectivity index (χ0n) is 14.4. The van der Waals surface area contributed by atoms with Crippen LogP contribution in [0.25, 0.3) is 10.9 Å². The van der Waals surface area contributed by atoms with E-state index >= 15 is 0 Å². The Morgan fingerprint density at radius 1 is 0.923 bits per heavy atom. The molecule has 2 aromatic carbocycles. The van der Waals surface area contributed by atoms with Gasteiger partial charge in [0.2, 0.25) is 0 Å². The Hall–Kier alpha value is -2.40. The SMILES string of the molecule is O[C@H](CNC[C@H](c1cccs1)c1c[nH]c2ccccc12)c1ccccc1. The minimum absolute atomic E-state index is 0.258. The lowest BCUT2D eigenvalue weighted by Gasteiger charge is -2.18.